The number of carbonyl (C=O) groups is 2. The Hall–Kier alpha value is -4.52. The molecule has 0 aliphatic rings. The first-order valence-electron chi connectivity index (χ1n) is 10.3. The van der Waals surface area contributed by atoms with E-state index in [2.05, 4.69) is 0 Å². The first-order chi connectivity index (χ1) is 16.5. The van der Waals surface area contributed by atoms with Crippen LogP contribution in [0.25, 0.3) is 12.2 Å². The molecule has 174 valence electrons. The maximum Gasteiger partial charge on any atom is 0.336 e. The van der Waals surface area contributed by atoms with Crippen molar-refractivity contribution >= 4 is 24.1 Å². The number of benzene rings is 3. The van der Waals surface area contributed by atoms with Crippen LogP contribution in [0.1, 0.15) is 11.1 Å². The van der Waals surface area contributed by atoms with E-state index in [0.717, 1.165) is 22.6 Å². The van der Waals surface area contributed by atoms with Crippen molar-refractivity contribution in [2.45, 2.75) is 0 Å². The monoisotopic (exact) mass is 460 g/mol. The van der Waals surface area contributed by atoms with E-state index >= 15 is 0 Å². The van der Waals surface area contributed by atoms with Crippen LogP contribution in [0.2, 0.25) is 0 Å². The van der Waals surface area contributed by atoms with Gasteiger partial charge >= 0.3 is 11.9 Å². The lowest BCUT2D eigenvalue weighted by atomic mass is 10.2. The van der Waals surface area contributed by atoms with E-state index in [1.807, 2.05) is 24.3 Å². The lowest BCUT2D eigenvalue weighted by molar-refractivity contribution is -0.130. The topological polar surface area (TPSA) is 80.3 Å². The Balaban J connectivity index is 1.60. The maximum absolute atomic E-state index is 12.2. The Kier molecular flexibility index (Phi) is 8.46. The molecule has 0 N–H and O–H groups in total. The highest BCUT2D eigenvalue weighted by atomic mass is 16.6. The van der Waals surface area contributed by atoms with Gasteiger partial charge < -0.3 is 23.7 Å². The third kappa shape index (κ3) is 7.00. The fourth-order valence-corrected chi connectivity index (χ4v) is 2.85. The van der Waals surface area contributed by atoms with Crippen LogP contribution in [0.4, 0.5) is 0 Å². The average Bonchev–Trinajstić information content (AvgIpc) is 2.87. The summed E-state index contributed by atoms with van der Waals surface area (Å²) in [6.07, 6.45) is 5.87. The van der Waals surface area contributed by atoms with Crippen molar-refractivity contribution in [1.82, 2.24) is 0 Å². The predicted molar refractivity (Wildman–Crippen MR) is 128 cm³/mol. The molecule has 0 bridgehead atoms. The molecule has 0 aliphatic heterocycles. The summed E-state index contributed by atoms with van der Waals surface area (Å²) >= 11 is 0. The molecule has 0 unspecified atom stereocenters. The Bertz CT molecular complexity index is 1180. The third-order valence-electron chi connectivity index (χ3n) is 4.62. The van der Waals surface area contributed by atoms with E-state index in [1.165, 1.54) is 37.5 Å². The number of carbonyl (C=O) groups excluding carboxylic acids is 2. The molecule has 0 spiro atoms. The third-order valence-corrected chi connectivity index (χ3v) is 4.62. The van der Waals surface area contributed by atoms with Crippen LogP contribution in [-0.2, 0) is 9.59 Å². The van der Waals surface area contributed by atoms with Crippen LogP contribution >= 0.6 is 0 Å². The number of ether oxygens (including phenoxy) is 5. The van der Waals surface area contributed by atoms with Gasteiger partial charge in [0.15, 0.2) is 11.5 Å². The molecule has 3 rings (SSSR count). The summed E-state index contributed by atoms with van der Waals surface area (Å²) in [7, 11) is 4.60. The number of esters is 2. The highest BCUT2D eigenvalue weighted by molar-refractivity contribution is 5.90. The molecular weight excluding hydrogens is 436 g/mol. The minimum atomic E-state index is -0.582. The maximum atomic E-state index is 12.2. The molecule has 3 aromatic carbocycles. The van der Waals surface area contributed by atoms with Gasteiger partial charge in [-0.2, -0.15) is 0 Å². The Labute approximate surface area is 197 Å². The molecule has 0 radical (unpaired) electrons. The summed E-state index contributed by atoms with van der Waals surface area (Å²) in [5, 5.41) is 0. The van der Waals surface area contributed by atoms with E-state index in [-0.39, 0.29) is 17.2 Å². The number of hydrogen-bond acceptors (Lipinski definition) is 7. The summed E-state index contributed by atoms with van der Waals surface area (Å²) in [4.78, 5) is 24.4. The minimum Gasteiger partial charge on any atom is -0.497 e. The van der Waals surface area contributed by atoms with Crippen molar-refractivity contribution in [3.05, 3.63) is 90.0 Å². The van der Waals surface area contributed by atoms with Crippen molar-refractivity contribution in [2.75, 3.05) is 21.3 Å². The van der Waals surface area contributed by atoms with Gasteiger partial charge in [0, 0.05) is 18.2 Å². The SMILES string of the molecule is COc1ccc(/C=C/C(=O)Oc2ccc(OC(=O)/C=C/c3ccc(OC)cc3)c(OC)c2)cc1. The number of methoxy groups -OCH3 is 3. The van der Waals surface area contributed by atoms with E-state index in [4.69, 9.17) is 23.7 Å². The summed E-state index contributed by atoms with van der Waals surface area (Å²) in [5.41, 5.74) is 1.63. The second kappa shape index (κ2) is 11.9. The first-order valence-corrected chi connectivity index (χ1v) is 10.3. The van der Waals surface area contributed by atoms with E-state index in [1.54, 1.807) is 50.6 Å². The lowest BCUT2D eigenvalue weighted by Crippen LogP contribution is -2.06. The van der Waals surface area contributed by atoms with Crippen LogP contribution in [-0.4, -0.2) is 33.3 Å². The Morgan fingerprint density at radius 1 is 0.559 bits per heavy atom. The van der Waals surface area contributed by atoms with Gasteiger partial charge in [-0.05, 0) is 59.7 Å². The molecule has 0 heterocycles. The van der Waals surface area contributed by atoms with Crippen LogP contribution < -0.4 is 23.7 Å². The van der Waals surface area contributed by atoms with E-state index in [9.17, 15) is 9.59 Å². The molecule has 0 aromatic heterocycles. The highest BCUT2D eigenvalue weighted by Gasteiger charge is 2.11. The number of hydrogen-bond donors (Lipinski definition) is 0. The normalized spacial score (nSPS) is 10.8. The first kappa shape index (κ1) is 24.1. The van der Waals surface area contributed by atoms with Crippen LogP contribution in [0.5, 0.6) is 28.7 Å². The number of rotatable bonds is 9. The van der Waals surface area contributed by atoms with Crippen LogP contribution in [0.3, 0.4) is 0 Å². The summed E-state index contributed by atoms with van der Waals surface area (Å²) < 4.78 is 26.1. The molecule has 0 fully saturated rings. The quantitative estimate of drug-likeness (QED) is 0.254. The van der Waals surface area contributed by atoms with Gasteiger partial charge in [0.2, 0.25) is 0 Å². The summed E-state index contributed by atoms with van der Waals surface area (Å²) in [6, 6.07) is 18.9. The van der Waals surface area contributed by atoms with Gasteiger partial charge in [-0.15, -0.1) is 0 Å². The van der Waals surface area contributed by atoms with Gasteiger partial charge in [0.1, 0.15) is 17.2 Å². The summed E-state index contributed by atoms with van der Waals surface area (Å²) in [6.45, 7) is 0. The van der Waals surface area contributed by atoms with Gasteiger partial charge in [-0.3, -0.25) is 0 Å². The molecular formula is C27H24O7. The summed E-state index contributed by atoms with van der Waals surface area (Å²) in [5.74, 6) is 0.988. The molecule has 0 aliphatic carbocycles. The van der Waals surface area contributed by atoms with Crippen molar-refractivity contribution in [1.29, 1.82) is 0 Å². The van der Waals surface area contributed by atoms with Crippen molar-refractivity contribution in [2.24, 2.45) is 0 Å². The molecule has 34 heavy (non-hydrogen) atoms. The van der Waals surface area contributed by atoms with Gasteiger partial charge in [0.05, 0.1) is 21.3 Å². The molecule has 7 nitrogen and oxygen atoms in total. The zero-order chi connectivity index (χ0) is 24.3. The second-order valence-electron chi connectivity index (χ2n) is 6.87. The van der Waals surface area contributed by atoms with Gasteiger partial charge in [-0.1, -0.05) is 24.3 Å². The van der Waals surface area contributed by atoms with Crippen molar-refractivity contribution in [3.63, 3.8) is 0 Å². The smallest absolute Gasteiger partial charge is 0.336 e. The van der Waals surface area contributed by atoms with E-state index in [0.29, 0.717) is 0 Å². The molecule has 3 aromatic rings. The van der Waals surface area contributed by atoms with Crippen molar-refractivity contribution < 1.29 is 33.3 Å². The molecule has 0 saturated carbocycles. The zero-order valence-electron chi connectivity index (χ0n) is 19.0. The fourth-order valence-electron chi connectivity index (χ4n) is 2.85. The predicted octanol–water partition coefficient (Wildman–Crippen LogP) is 4.95. The largest absolute Gasteiger partial charge is 0.497 e. The van der Waals surface area contributed by atoms with Gasteiger partial charge in [-0.25, -0.2) is 9.59 Å². The Morgan fingerprint density at radius 2 is 1.03 bits per heavy atom. The van der Waals surface area contributed by atoms with Gasteiger partial charge in [0.25, 0.3) is 0 Å². The molecule has 0 saturated heterocycles. The average molecular weight is 460 g/mol. The standard InChI is InChI=1S/C27H24O7/c1-30-21-10-4-19(5-11-21)8-16-26(28)33-23-14-15-24(25(18-23)32-3)34-27(29)17-9-20-6-12-22(31-2)13-7-20/h4-18H,1-3H3/b16-8+,17-9+. The molecule has 0 amide bonds. The highest BCUT2D eigenvalue weighted by Crippen LogP contribution is 2.31. The molecule has 0 atom stereocenters. The zero-order valence-corrected chi connectivity index (χ0v) is 19.0. The van der Waals surface area contributed by atoms with Crippen molar-refractivity contribution in [3.8, 4) is 28.7 Å². The Morgan fingerprint density at radius 3 is 1.50 bits per heavy atom. The second-order valence-corrected chi connectivity index (χ2v) is 6.87. The minimum absolute atomic E-state index is 0.195. The lowest BCUT2D eigenvalue weighted by Gasteiger charge is -2.10. The van der Waals surface area contributed by atoms with E-state index < -0.39 is 11.9 Å². The molecule has 7 heteroatoms. The van der Waals surface area contributed by atoms with Crippen LogP contribution in [0, 0.1) is 0 Å². The fraction of sp³-hybridized carbons (Fsp3) is 0.111. The van der Waals surface area contributed by atoms with Crippen LogP contribution in [0.15, 0.2) is 78.9 Å².